The minimum absolute atomic E-state index is 0.0409. The number of hydrogen-bond acceptors (Lipinski definition) is 3. The number of methoxy groups -OCH3 is 1. The normalized spacial score (nSPS) is 12.2. The van der Waals surface area contributed by atoms with Gasteiger partial charge in [0.25, 0.3) is 0 Å². The van der Waals surface area contributed by atoms with Crippen LogP contribution in [0.5, 0.6) is 11.5 Å². The van der Waals surface area contributed by atoms with Crippen LogP contribution in [0.1, 0.15) is 24.8 Å². The lowest BCUT2D eigenvalue weighted by atomic mass is 9.96. The molecule has 0 heterocycles. The summed E-state index contributed by atoms with van der Waals surface area (Å²) in [5.41, 5.74) is -0.106. The van der Waals surface area contributed by atoms with E-state index >= 15 is 0 Å². The fraction of sp³-hybridized carbons (Fsp3) is 0.364. The minimum Gasteiger partial charge on any atom is -0.504 e. The summed E-state index contributed by atoms with van der Waals surface area (Å²) in [6.45, 7) is 1.56. The molecular weight excluding hydrogens is 218 g/mol. The molecule has 16 heavy (non-hydrogen) atoms. The van der Waals surface area contributed by atoms with Crippen LogP contribution in [0.4, 0.5) is 8.78 Å². The molecule has 0 saturated carbocycles. The number of ether oxygens (including phenoxy) is 1. The molecule has 0 fully saturated rings. The molecule has 1 aromatic carbocycles. The zero-order valence-electron chi connectivity index (χ0n) is 8.96. The highest BCUT2D eigenvalue weighted by molar-refractivity contribution is 5.55. The van der Waals surface area contributed by atoms with Crippen molar-refractivity contribution in [3.63, 3.8) is 0 Å². The van der Waals surface area contributed by atoms with Crippen LogP contribution >= 0.6 is 0 Å². The number of benzene rings is 1. The van der Waals surface area contributed by atoms with Crippen molar-refractivity contribution in [3.8, 4) is 11.5 Å². The molecule has 1 N–H and O–H groups in total. The van der Waals surface area contributed by atoms with Gasteiger partial charge in [0, 0.05) is 18.1 Å². The first-order valence-electron chi connectivity index (χ1n) is 4.71. The van der Waals surface area contributed by atoms with E-state index in [1.165, 1.54) is 7.11 Å². The highest BCUT2D eigenvalue weighted by Crippen LogP contribution is 2.39. The summed E-state index contributed by atoms with van der Waals surface area (Å²) in [5, 5.41) is 9.63. The van der Waals surface area contributed by atoms with Gasteiger partial charge in [0.05, 0.1) is 7.11 Å². The summed E-state index contributed by atoms with van der Waals surface area (Å²) in [6.07, 6.45) is 0.651. The molecule has 0 aromatic heterocycles. The van der Waals surface area contributed by atoms with Gasteiger partial charge in [-0.05, 0) is 5.92 Å². The molecule has 0 spiro atoms. The number of halogens is 2. The van der Waals surface area contributed by atoms with Crippen LogP contribution in [0.15, 0.2) is 6.07 Å². The van der Waals surface area contributed by atoms with Crippen LogP contribution in [-0.2, 0) is 4.79 Å². The lowest BCUT2D eigenvalue weighted by Gasteiger charge is -2.14. The summed E-state index contributed by atoms with van der Waals surface area (Å²) >= 11 is 0. The lowest BCUT2D eigenvalue weighted by molar-refractivity contribution is -0.108. The predicted molar refractivity (Wildman–Crippen MR) is 53.7 cm³/mol. The van der Waals surface area contributed by atoms with E-state index in [1.54, 1.807) is 6.92 Å². The molecular formula is C11H12F2O3. The van der Waals surface area contributed by atoms with Gasteiger partial charge in [-0.25, -0.2) is 8.78 Å². The molecule has 0 aliphatic carbocycles. The van der Waals surface area contributed by atoms with Crippen molar-refractivity contribution >= 4 is 6.29 Å². The Hall–Kier alpha value is -1.65. The van der Waals surface area contributed by atoms with Crippen LogP contribution < -0.4 is 4.74 Å². The van der Waals surface area contributed by atoms with E-state index in [0.717, 1.165) is 0 Å². The van der Waals surface area contributed by atoms with Crippen LogP contribution in [0.25, 0.3) is 0 Å². The number of hydrogen-bond donors (Lipinski definition) is 1. The molecule has 1 unspecified atom stereocenters. The van der Waals surface area contributed by atoms with E-state index in [2.05, 4.69) is 4.74 Å². The Labute approximate surface area is 91.7 Å². The third-order valence-corrected chi connectivity index (χ3v) is 2.34. The van der Waals surface area contributed by atoms with Gasteiger partial charge in [-0.3, -0.25) is 0 Å². The van der Waals surface area contributed by atoms with Crippen LogP contribution in [0, 0.1) is 11.6 Å². The summed E-state index contributed by atoms with van der Waals surface area (Å²) in [4.78, 5) is 10.3. The van der Waals surface area contributed by atoms with Gasteiger partial charge in [0.1, 0.15) is 12.1 Å². The molecule has 3 nitrogen and oxygen atoms in total. The highest BCUT2D eigenvalue weighted by Gasteiger charge is 2.22. The monoisotopic (exact) mass is 230 g/mol. The molecule has 88 valence electrons. The Morgan fingerprint density at radius 2 is 2.12 bits per heavy atom. The minimum atomic E-state index is -0.973. The maximum Gasteiger partial charge on any atom is 0.197 e. The average Bonchev–Trinajstić information content (AvgIpc) is 2.17. The summed E-state index contributed by atoms with van der Waals surface area (Å²) in [6, 6.07) is 0.634. The second-order valence-electron chi connectivity index (χ2n) is 3.44. The molecule has 0 radical (unpaired) electrons. The van der Waals surface area contributed by atoms with E-state index in [-0.39, 0.29) is 12.0 Å². The summed E-state index contributed by atoms with van der Waals surface area (Å²) < 4.78 is 31.2. The number of phenolic OH excluding ortho intramolecular Hbond substituents is 1. The second kappa shape index (κ2) is 4.92. The molecule has 1 aromatic rings. The SMILES string of the molecule is COc1c(F)cc(F)c(C(C)CC=O)c1O. The summed E-state index contributed by atoms with van der Waals surface area (Å²) in [7, 11) is 1.17. The summed E-state index contributed by atoms with van der Waals surface area (Å²) in [5.74, 6) is -3.39. The van der Waals surface area contributed by atoms with Crippen LogP contribution in [0.2, 0.25) is 0 Å². The molecule has 1 rings (SSSR count). The van der Waals surface area contributed by atoms with Crippen molar-refractivity contribution < 1.29 is 23.4 Å². The van der Waals surface area contributed by atoms with Crippen molar-refractivity contribution in [1.29, 1.82) is 0 Å². The van der Waals surface area contributed by atoms with E-state index in [1.807, 2.05) is 0 Å². The second-order valence-corrected chi connectivity index (χ2v) is 3.44. The molecule has 0 aliphatic heterocycles. The first-order valence-corrected chi connectivity index (χ1v) is 4.71. The number of carbonyl (C=O) groups is 1. The average molecular weight is 230 g/mol. The Morgan fingerprint density at radius 1 is 1.50 bits per heavy atom. The number of aldehydes is 1. The number of phenols is 1. The fourth-order valence-electron chi connectivity index (χ4n) is 1.53. The molecule has 5 heteroatoms. The van der Waals surface area contributed by atoms with Crippen LogP contribution in [-0.4, -0.2) is 18.5 Å². The lowest BCUT2D eigenvalue weighted by Crippen LogP contribution is -2.02. The largest absolute Gasteiger partial charge is 0.504 e. The standard InChI is InChI=1S/C11H12F2O3/c1-6(3-4-14)9-7(12)5-8(13)11(16-2)10(9)15/h4-6,15H,3H2,1-2H3. The maximum atomic E-state index is 13.4. The predicted octanol–water partition coefficient (Wildman–Crippen LogP) is 2.37. The Kier molecular flexibility index (Phi) is 3.82. The molecule has 0 amide bonds. The van der Waals surface area contributed by atoms with Crippen molar-refractivity contribution in [2.45, 2.75) is 19.3 Å². The number of aromatic hydroxyl groups is 1. The van der Waals surface area contributed by atoms with E-state index in [4.69, 9.17) is 0 Å². The van der Waals surface area contributed by atoms with Gasteiger partial charge in [0.2, 0.25) is 0 Å². The first-order chi connectivity index (χ1) is 7.52. The van der Waals surface area contributed by atoms with Crippen molar-refractivity contribution in [1.82, 2.24) is 0 Å². The van der Waals surface area contributed by atoms with Gasteiger partial charge in [-0.2, -0.15) is 0 Å². The smallest absolute Gasteiger partial charge is 0.197 e. The van der Waals surface area contributed by atoms with E-state index in [9.17, 15) is 18.7 Å². The van der Waals surface area contributed by atoms with Crippen molar-refractivity contribution in [2.75, 3.05) is 7.11 Å². The third-order valence-electron chi connectivity index (χ3n) is 2.34. The van der Waals surface area contributed by atoms with Gasteiger partial charge < -0.3 is 14.6 Å². The van der Waals surface area contributed by atoms with Crippen LogP contribution in [0.3, 0.4) is 0 Å². The zero-order chi connectivity index (χ0) is 12.3. The number of carbonyl (C=O) groups excluding carboxylic acids is 1. The van der Waals surface area contributed by atoms with Gasteiger partial charge >= 0.3 is 0 Å². The van der Waals surface area contributed by atoms with Crippen molar-refractivity contribution in [2.24, 2.45) is 0 Å². The zero-order valence-corrected chi connectivity index (χ0v) is 8.96. The topological polar surface area (TPSA) is 46.5 Å². The van der Waals surface area contributed by atoms with Gasteiger partial charge in [-0.15, -0.1) is 0 Å². The fourth-order valence-corrected chi connectivity index (χ4v) is 1.53. The molecule has 0 bridgehead atoms. The Bertz CT molecular complexity index is 405. The van der Waals surface area contributed by atoms with E-state index in [0.29, 0.717) is 12.4 Å². The van der Waals surface area contributed by atoms with Crippen molar-refractivity contribution in [3.05, 3.63) is 23.3 Å². The quantitative estimate of drug-likeness (QED) is 0.808. The molecule has 0 aliphatic rings. The van der Waals surface area contributed by atoms with Gasteiger partial charge in [-0.1, -0.05) is 6.92 Å². The van der Waals surface area contributed by atoms with E-state index < -0.39 is 29.1 Å². The third kappa shape index (κ3) is 2.13. The van der Waals surface area contributed by atoms with Gasteiger partial charge in [0.15, 0.2) is 17.3 Å². The maximum absolute atomic E-state index is 13.4. The molecule has 0 saturated heterocycles. The molecule has 1 atom stereocenters. The Morgan fingerprint density at radius 3 is 2.62 bits per heavy atom. The Balaban J connectivity index is 3.32. The first kappa shape index (κ1) is 12.4. The highest BCUT2D eigenvalue weighted by atomic mass is 19.1. The number of rotatable bonds is 4.